The number of carbonyl (C=O) groups excluding carboxylic acids is 1. The number of esters is 1. The van der Waals surface area contributed by atoms with Gasteiger partial charge < -0.3 is 4.74 Å². The minimum Gasteiger partial charge on any atom is -0.465 e. The quantitative estimate of drug-likeness (QED) is 0.783. The van der Waals surface area contributed by atoms with Crippen LogP contribution in [0.2, 0.25) is 0 Å². The summed E-state index contributed by atoms with van der Waals surface area (Å²) in [4.78, 5) is 18.2. The number of nitrogens with zero attached hydrogens (tertiary/aromatic N) is 3. The van der Waals surface area contributed by atoms with Crippen LogP contribution in [-0.4, -0.2) is 35.0 Å². The number of aromatic nitrogens is 1. The van der Waals surface area contributed by atoms with E-state index in [0.717, 1.165) is 31.4 Å². The van der Waals surface area contributed by atoms with E-state index in [9.17, 15) is 4.79 Å². The summed E-state index contributed by atoms with van der Waals surface area (Å²) in [5, 5.41) is 9.08. The fourth-order valence-corrected chi connectivity index (χ4v) is 2.57. The van der Waals surface area contributed by atoms with Crippen molar-refractivity contribution in [1.82, 2.24) is 9.88 Å². The molecule has 1 atom stereocenters. The molecule has 1 aromatic heterocycles. The molecule has 0 aliphatic carbocycles. The smallest absolute Gasteiger partial charge is 0.323 e. The highest BCUT2D eigenvalue weighted by molar-refractivity contribution is 5.75. The van der Waals surface area contributed by atoms with E-state index < -0.39 is 0 Å². The molecule has 2 heterocycles. The lowest BCUT2D eigenvalue weighted by atomic mass is 10.0. The third kappa shape index (κ3) is 3.34. The van der Waals surface area contributed by atoms with Crippen LogP contribution < -0.4 is 0 Å². The van der Waals surface area contributed by atoms with Crippen LogP contribution in [0.3, 0.4) is 0 Å². The van der Waals surface area contributed by atoms with Gasteiger partial charge in [-0.3, -0.25) is 9.69 Å². The molecule has 0 saturated carbocycles. The van der Waals surface area contributed by atoms with E-state index in [1.54, 1.807) is 6.20 Å². The summed E-state index contributed by atoms with van der Waals surface area (Å²) < 4.78 is 5.14. The number of rotatable bonds is 4. The van der Waals surface area contributed by atoms with E-state index in [-0.39, 0.29) is 12.0 Å². The van der Waals surface area contributed by atoms with E-state index in [2.05, 4.69) is 16.0 Å². The van der Waals surface area contributed by atoms with Crippen LogP contribution in [0, 0.1) is 11.3 Å². The molecule has 0 radical (unpaired) electrons. The van der Waals surface area contributed by atoms with Gasteiger partial charge in [0.2, 0.25) is 0 Å². The monoisotopic (exact) mass is 273 g/mol. The van der Waals surface area contributed by atoms with Crippen LogP contribution in [0.4, 0.5) is 0 Å². The van der Waals surface area contributed by atoms with Gasteiger partial charge in [-0.1, -0.05) is 12.5 Å². The summed E-state index contributed by atoms with van der Waals surface area (Å²) in [6.45, 7) is 3.64. The first kappa shape index (κ1) is 14.5. The second-order valence-corrected chi connectivity index (χ2v) is 4.86. The Morgan fingerprint density at radius 3 is 3.20 bits per heavy atom. The SMILES string of the molecule is CCOC(=O)C1CCCCN1Cc1cccnc1C#N. The topological polar surface area (TPSA) is 66.2 Å². The molecule has 106 valence electrons. The van der Waals surface area contributed by atoms with Gasteiger partial charge in [-0.05, 0) is 32.4 Å². The second-order valence-electron chi connectivity index (χ2n) is 4.86. The zero-order valence-corrected chi connectivity index (χ0v) is 11.7. The van der Waals surface area contributed by atoms with Gasteiger partial charge in [-0.15, -0.1) is 0 Å². The van der Waals surface area contributed by atoms with Crippen LogP contribution in [-0.2, 0) is 16.1 Å². The molecule has 0 bridgehead atoms. The van der Waals surface area contributed by atoms with Crippen molar-refractivity contribution in [3.63, 3.8) is 0 Å². The maximum Gasteiger partial charge on any atom is 0.323 e. The van der Waals surface area contributed by atoms with Gasteiger partial charge in [0.05, 0.1) is 6.61 Å². The first-order valence-corrected chi connectivity index (χ1v) is 7.01. The van der Waals surface area contributed by atoms with Gasteiger partial charge in [0.25, 0.3) is 0 Å². The standard InChI is InChI=1S/C15H19N3O2/c1-2-20-15(19)14-7-3-4-9-18(14)11-12-6-5-8-17-13(12)10-16/h5-6,8,14H,2-4,7,9,11H2,1H3. The van der Waals surface area contributed by atoms with Crippen molar-refractivity contribution in [1.29, 1.82) is 5.26 Å². The highest BCUT2D eigenvalue weighted by Crippen LogP contribution is 2.21. The van der Waals surface area contributed by atoms with Crippen molar-refractivity contribution in [2.24, 2.45) is 0 Å². The van der Waals surface area contributed by atoms with Crippen molar-refractivity contribution in [2.75, 3.05) is 13.2 Å². The van der Waals surface area contributed by atoms with Gasteiger partial charge in [0.1, 0.15) is 17.8 Å². The van der Waals surface area contributed by atoms with Crippen LogP contribution in [0.1, 0.15) is 37.4 Å². The minimum atomic E-state index is -0.199. The largest absolute Gasteiger partial charge is 0.465 e. The molecule has 0 spiro atoms. The van der Waals surface area contributed by atoms with E-state index in [0.29, 0.717) is 18.8 Å². The predicted molar refractivity (Wildman–Crippen MR) is 73.6 cm³/mol. The van der Waals surface area contributed by atoms with Crippen LogP contribution in [0.15, 0.2) is 18.3 Å². The van der Waals surface area contributed by atoms with Gasteiger partial charge in [0.15, 0.2) is 0 Å². The lowest BCUT2D eigenvalue weighted by Gasteiger charge is -2.33. The highest BCUT2D eigenvalue weighted by Gasteiger charge is 2.30. The molecule has 1 aliphatic heterocycles. The Bertz CT molecular complexity index is 510. The summed E-state index contributed by atoms with van der Waals surface area (Å²) in [6, 6.07) is 5.61. The average molecular weight is 273 g/mol. The number of hydrogen-bond acceptors (Lipinski definition) is 5. The molecule has 0 amide bonds. The molecule has 1 aliphatic rings. The Morgan fingerprint density at radius 2 is 2.45 bits per heavy atom. The maximum absolute atomic E-state index is 12.0. The van der Waals surface area contributed by atoms with Crippen molar-refractivity contribution in [2.45, 2.75) is 38.8 Å². The van der Waals surface area contributed by atoms with Crippen molar-refractivity contribution in [3.8, 4) is 6.07 Å². The third-order valence-corrected chi connectivity index (χ3v) is 3.54. The van der Waals surface area contributed by atoms with Gasteiger partial charge in [0, 0.05) is 18.3 Å². The molecule has 0 aromatic carbocycles. The molecule has 5 heteroatoms. The van der Waals surface area contributed by atoms with Gasteiger partial charge in [-0.25, -0.2) is 4.98 Å². The molecule has 20 heavy (non-hydrogen) atoms. The number of carbonyl (C=O) groups is 1. The number of nitriles is 1. The lowest BCUT2D eigenvalue weighted by molar-refractivity contribution is -0.151. The molecule has 1 saturated heterocycles. The molecule has 0 N–H and O–H groups in total. The van der Waals surface area contributed by atoms with Gasteiger partial charge in [-0.2, -0.15) is 5.26 Å². The zero-order valence-electron chi connectivity index (χ0n) is 11.7. The number of hydrogen-bond donors (Lipinski definition) is 0. The number of ether oxygens (including phenoxy) is 1. The Balaban J connectivity index is 2.13. The third-order valence-electron chi connectivity index (χ3n) is 3.54. The number of piperidine rings is 1. The van der Waals surface area contributed by atoms with E-state index in [1.807, 2.05) is 19.1 Å². The lowest BCUT2D eigenvalue weighted by Crippen LogP contribution is -2.45. The molecular weight excluding hydrogens is 254 g/mol. The van der Waals surface area contributed by atoms with E-state index in [4.69, 9.17) is 10.00 Å². The fourth-order valence-electron chi connectivity index (χ4n) is 2.57. The average Bonchev–Trinajstić information content (AvgIpc) is 2.48. The molecule has 1 unspecified atom stereocenters. The first-order chi connectivity index (χ1) is 9.76. The molecule has 5 nitrogen and oxygen atoms in total. The van der Waals surface area contributed by atoms with Gasteiger partial charge >= 0.3 is 5.97 Å². The second kappa shape index (κ2) is 7.01. The number of likely N-dealkylation sites (tertiary alicyclic amines) is 1. The summed E-state index contributed by atoms with van der Waals surface area (Å²) in [7, 11) is 0. The zero-order chi connectivity index (χ0) is 14.4. The van der Waals surface area contributed by atoms with Crippen LogP contribution >= 0.6 is 0 Å². The summed E-state index contributed by atoms with van der Waals surface area (Å²) >= 11 is 0. The predicted octanol–water partition coefficient (Wildman–Crippen LogP) is 1.87. The maximum atomic E-state index is 12.0. The van der Waals surface area contributed by atoms with E-state index >= 15 is 0 Å². The molecule has 1 fully saturated rings. The van der Waals surface area contributed by atoms with Crippen molar-refractivity contribution in [3.05, 3.63) is 29.6 Å². The summed E-state index contributed by atoms with van der Waals surface area (Å²) in [5.41, 5.74) is 1.30. The van der Waals surface area contributed by atoms with E-state index in [1.165, 1.54) is 0 Å². The number of pyridine rings is 1. The fraction of sp³-hybridized carbons (Fsp3) is 0.533. The first-order valence-electron chi connectivity index (χ1n) is 7.01. The molecular formula is C15H19N3O2. The van der Waals surface area contributed by atoms with Crippen LogP contribution in [0.25, 0.3) is 0 Å². The Morgan fingerprint density at radius 1 is 1.60 bits per heavy atom. The summed E-state index contributed by atoms with van der Waals surface area (Å²) in [5.74, 6) is -0.158. The highest BCUT2D eigenvalue weighted by atomic mass is 16.5. The molecule has 2 rings (SSSR count). The molecule has 1 aromatic rings. The summed E-state index contributed by atoms with van der Waals surface area (Å²) in [6.07, 6.45) is 4.54. The van der Waals surface area contributed by atoms with Crippen LogP contribution in [0.5, 0.6) is 0 Å². The Hall–Kier alpha value is -1.93. The van der Waals surface area contributed by atoms with Crippen molar-refractivity contribution < 1.29 is 9.53 Å². The minimum absolute atomic E-state index is 0.158. The van der Waals surface area contributed by atoms with Crippen molar-refractivity contribution >= 4 is 5.97 Å². The normalized spacial score (nSPS) is 19.3. The Labute approximate surface area is 119 Å². The Kier molecular flexibility index (Phi) is 5.08.